The molecule has 0 amide bonds. The molecule has 2 N–H and O–H groups in total. The summed E-state index contributed by atoms with van der Waals surface area (Å²) in [5.41, 5.74) is 0.413. The second kappa shape index (κ2) is 8.14. The van der Waals surface area contributed by atoms with Crippen LogP contribution in [0.4, 0.5) is 0 Å². The molecular formula is C14H10CuO4S2. The smallest absolute Gasteiger partial charge is 0.336 e. The van der Waals surface area contributed by atoms with E-state index in [9.17, 15) is 9.59 Å². The number of rotatable bonds is 5. The van der Waals surface area contributed by atoms with Crippen LogP contribution in [0.5, 0.6) is 0 Å². The van der Waals surface area contributed by atoms with E-state index in [2.05, 4.69) is 0 Å². The van der Waals surface area contributed by atoms with Crippen molar-refractivity contribution in [3.05, 3.63) is 59.7 Å². The molecule has 0 aliphatic rings. The van der Waals surface area contributed by atoms with Gasteiger partial charge in [0.05, 0.1) is 11.1 Å². The van der Waals surface area contributed by atoms with Gasteiger partial charge in [0, 0.05) is 26.9 Å². The van der Waals surface area contributed by atoms with Gasteiger partial charge in [-0.05, 0) is 24.3 Å². The summed E-state index contributed by atoms with van der Waals surface area (Å²) in [4.78, 5) is 23.4. The zero-order chi connectivity index (χ0) is 14.5. The molecule has 2 aromatic carbocycles. The van der Waals surface area contributed by atoms with Crippen LogP contribution in [0.2, 0.25) is 0 Å². The second-order valence-electron chi connectivity index (χ2n) is 3.77. The first-order chi connectivity index (χ1) is 9.59. The summed E-state index contributed by atoms with van der Waals surface area (Å²) < 4.78 is 0. The molecule has 0 heterocycles. The first-order valence-corrected chi connectivity index (χ1v) is 7.73. The van der Waals surface area contributed by atoms with Crippen LogP contribution in [0.3, 0.4) is 0 Å². The Labute approximate surface area is 139 Å². The largest absolute Gasteiger partial charge is 0.478 e. The maximum Gasteiger partial charge on any atom is 0.336 e. The van der Waals surface area contributed by atoms with Crippen molar-refractivity contribution >= 4 is 33.5 Å². The van der Waals surface area contributed by atoms with E-state index in [1.165, 1.54) is 33.7 Å². The predicted molar refractivity (Wildman–Crippen MR) is 78.5 cm³/mol. The van der Waals surface area contributed by atoms with Gasteiger partial charge in [0.25, 0.3) is 0 Å². The maximum absolute atomic E-state index is 11.1. The van der Waals surface area contributed by atoms with E-state index in [1.54, 1.807) is 36.4 Å². The van der Waals surface area contributed by atoms with Gasteiger partial charge in [0.2, 0.25) is 0 Å². The van der Waals surface area contributed by atoms with E-state index in [1.807, 2.05) is 0 Å². The average molecular weight is 370 g/mol. The summed E-state index contributed by atoms with van der Waals surface area (Å²) in [6, 6.07) is 13.3. The van der Waals surface area contributed by atoms with Crippen LogP contribution in [-0.2, 0) is 17.1 Å². The number of aromatic carboxylic acids is 2. The topological polar surface area (TPSA) is 74.6 Å². The Morgan fingerprint density at radius 1 is 0.714 bits per heavy atom. The molecule has 0 aromatic heterocycles. The van der Waals surface area contributed by atoms with Crippen LogP contribution in [0.15, 0.2) is 58.3 Å². The van der Waals surface area contributed by atoms with Gasteiger partial charge in [-0.2, -0.15) is 0 Å². The van der Waals surface area contributed by atoms with E-state index in [4.69, 9.17) is 10.2 Å². The third-order valence-electron chi connectivity index (χ3n) is 2.46. The van der Waals surface area contributed by atoms with Gasteiger partial charge < -0.3 is 10.2 Å². The van der Waals surface area contributed by atoms with Crippen molar-refractivity contribution in [1.82, 2.24) is 0 Å². The van der Waals surface area contributed by atoms with Crippen molar-refractivity contribution in [3.8, 4) is 0 Å². The van der Waals surface area contributed by atoms with E-state index in [-0.39, 0.29) is 28.2 Å². The fraction of sp³-hybridized carbons (Fsp3) is 0. The van der Waals surface area contributed by atoms with Gasteiger partial charge in [-0.25, -0.2) is 9.59 Å². The summed E-state index contributed by atoms with van der Waals surface area (Å²) in [7, 11) is 2.47. The summed E-state index contributed by atoms with van der Waals surface area (Å²) in [5.74, 6) is -2.00. The van der Waals surface area contributed by atoms with Crippen molar-refractivity contribution in [1.29, 1.82) is 0 Å². The SMILES string of the molecule is O=C(O)c1ccccc1SSc1ccccc1C(=O)O.[Cu]. The molecule has 113 valence electrons. The van der Waals surface area contributed by atoms with Gasteiger partial charge in [0.1, 0.15) is 0 Å². The molecule has 2 aromatic rings. The molecule has 0 aliphatic heterocycles. The monoisotopic (exact) mass is 369 g/mol. The van der Waals surface area contributed by atoms with E-state index in [0.29, 0.717) is 9.79 Å². The van der Waals surface area contributed by atoms with Gasteiger partial charge >= 0.3 is 11.9 Å². The first-order valence-electron chi connectivity index (χ1n) is 5.59. The van der Waals surface area contributed by atoms with Crippen molar-refractivity contribution < 1.29 is 36.9 Å². The number of carboxylic acids is 2. The first kappa shape index (κ1) is 17.7. The number of carboxylic acid groups (broad SMARTS) is 2. The van der Waals surface area contributed by atoms with E-state index < -0.39 is 11.9 Å². The quantitative estimate of drug-likeness (QED) is 0.615. The van der Waals surface area contributed by atoms with Gasteiger partial charge in [0.15, 0.2) is 0 Å². The summed E-state index contributed by atoms with van der Waals surface area (Å²) in [5, 5.41) is 18.2. The number of hydrogen-bond donors (Lipinski definition) is 2. The fourth-order valence-electron chi connectivity index (χ4n) is 1.52. The van der Waals surface area contributed by atoms with Gasteiger partial charge in [-0.3, -0.25) is 0 Å². The third-order valence-corrected chi connectivity index (χ3v) is 4.94. The average Bonchev–Trinajstić information content (AvgIpc) is 2.45. The number of benzene rings is 2. The minimum absolute atomic E-state index is 0. The molecular weight excluding hydrogens is 360 g/mol. The molecule has 4 nitrogen and oxygen atoms in total. The standard InChI is InChI=1S/C14H10O4S2.Cu/c15-13(16)9-5-1-3-7-11(9)19-20-12-8-4-2-6-10(12)14(17)18;/h1-8H,(H,15,16)(H,17,18);. The molecule has 0 saturated heterocycles. The van der Waals surface area contributed by atoms with Crippen LogP contribution >= 0.6 is 21.6 Å². The molecule has 0 unspecified atom stereocenters. The predicted octanol–water partition coefficient (Wildman–Crippen LogP) is 3.88. The van der Waals surface area contributed by atoms with E-state index >= 15 is 0 Å². The zero-order valence-corrected chi connectivity index (χ0v) is 13.0. The Bertz CT molecular complexity index is 603. The van der Waals surface area contributed by atoms with Gasteiger partial charge in [-0.1, -0.05) is 45.9 Å². The Morgan fingerprint density at radius 2 is 1.05 bits per heavy atom. The summed E-state index contributed by atoms with van der Waals surface area (Å²) in [6.45, 7) is 0. The normalized spacial score (nSPS) is 9.71. The molecule has 2 rings (SSSR count). The Balaban J connectivity index is 0.00000220. The Morgan fingerprint density at radius 3 is 1.38 bits per heavy atom. The van der Waals surface area contributed by atoms with Crippen molar-refractivity contribution in [3.63, 3.8) is 0 Å². The minimum Gasteiger partial charge on any atom is -0.478 e. The molecule has 0 fully saturated rings. The molecule has 0 bridgehead atoms. The summed E-state index contributed by atoms with van der Waals surface area (Å²) in [6.07, 6.45) is 0. The fourth-order valence-corrected chi connectivity index (χ4v) is 3.87. The van der Waals surface area contributed by atoms with Crippen molar-refractivity contribution in [2.75, 3.05) is 0 Å². The molecule has 0 atom stereocenters. The van der Waals surface area contributed by atoms with Crippen LogP contribution < -0.4 is 0 Å². The minimum atomic E-state index is -1.000. The molecule has 0 aliphatic carbocycles. The number of hydrogen-bond acceptors (Lipinski definition) is 4. The van der Waals surface area contributed by atoms with Crippen LogP contribution in [-0.4, -0.2) is 22.2 Å². The van der Waals surface area contributed by atoms with Crippen LogP contribution in [0, 0.1) is 0 Å². The van der Waals surface area contributed by atoms with Crippen molar-refractivity contribution in [2.24, 2.45) is 0 Å². The number of carbonyl (C=O) groups is 2. The van der Waals surface area contributed by atoms with Gasteiger partial charge in [-0.15, -0.1) is 0 Å². The van der Waals surface area contributed by atoms with E-state index in [0.717, 1.165) is 0 Å². The maximum atomic E-state index is 11.1. The molecule has 0 spiro atoms. The Kier molecular flexibility index (Phi) is 6.84. The molecule has 7 heteroatoms. The molecule has 1 radical (unpaired) electrons. The van der Waals surface area contributed by atoms with Crippen LogP contribution in [0.1, 0.15) is 20.7 Å². The zero-order valence-electron chi connectivity index (χ0n) is 10.4. The molecule has 21 heavy (non-hydrogen) atoms. The molecule has 0 saturated carbocycles. The third kappa shape index (κ3) is 4.54. The van der Waals surface area contributed by atoms with Crippen molar-refractivity contribution in [2.45, 2.75) is 9.79 Å². The summed E-state index contributed by atoms with van der Waals surface area (Å²) >= 11 is 0. The van der Waals surface area contributed by atoms with Crippen LogP contribution in [0.25, 0.3) is 0 Å². The second-order valence-corrected chi connectivity index (χ2v) is 5.98. The Hall–Kier alpha value is -1.40.